The van der Waals surface area contributed by atoms with Gasteiger partial charge in [-0.15, -0.1) is 13.2 Å². The molecule has 0 aliphatic carbocycles. The summed E-state index contributed by atoms with van der Waals surface area (Å²) >= 11 is 0. The van der Waals surface area contributed by atoms with Crippen LogP contribution in [0.1, 0.15) is 5.56 Å². The molecule has 0 saturated carbocycles. The summed E-state index contributed by atoms with van der Waals surface area (Å²) in [6, 6.07) is 3.40. The largest absolute Gasteiger partial charge is 0.573 e. The van der Waals surface area contributed by atoms with Crippen LogP contribution >= 0.6 is 0 Å². The van der Waals surface area contributed by atoms with Gasteiger partial charge in [-0.25, -0.2) is 0 Å². The van der Waals surface area contributed by atoms with Crippen molar-refractivity contribution >= 4 is 0 Å². The van der Waals surface area contributed by atoms with E-state index in [0.717, 1.165) is 6.07 Å². The number of para-hydroxylation sites is 1. The topological polar surface area (TPSA) is 44.5 Å². The van der Waals surface area contributed by atoms with Gasteiger partial charge in [-0.05, 0) is 6.07 Å². The zero-order valence-electron chi connectivity index (χ0n) is 8.30. The van der Waals surface area contributed by atoms with Gasteiger partial charge in [0.15, 0.2) is 11.5 Å². The summed E-state index contributed by atoms with van der Waals surface area (Å²) in [5.41, 5.74) is 5.10. The first-order chi connectivity index (χ1) is 7.83. The highest BCUT2D eigenvalue weighted by Gasteiger charge is 2.34. The van der Waals surface area contributed by atoms with E-state index in [9.17, 15) is 22.0 Å². The Morgan fingerprint density at radius 1 is 1.24 bits per heavy atom. The van der Waals surface area contributed by atoms with E-state index in [4.69, 9.17) is 5.73 Å². The smallest absolute Gasteiger partial charge is 0.431 e. The minimum absolute atomic E-state index is 0.0829. The Balaban J connectivity index is 3.11. The third kappa shape index (κ3) is 4.06. The maximum absolute atomic E-state index is 12.1. The van der Waals surface area contributed by atoms with Gasteiger partial charge >= 0.3 is 13.0 Å². The van der Waals surface area contributed by atoms with Crippen LogP contribution in [0.5, 0.6) is 11.5 Å². The van der Waals surface area contributed by atoms with Gasteiger partial charge in [0.25, 0.3) is 0 Å². The molecule has 2 N–H and O–H groups in total. The molecule has 1 aromatic rings. The maximum atomic E-state index is 12.1. The van der Waals surface area contributed by atoms with Crippen molar-refractivity contribution in [2.24, 2.45) is 5.73 Å². The molecule has 3 nitrogen and oxygen atoms in total. The predicted octanol–water partition coefficient (Wildman–Crippen LogP) is 2.65. The Bertz CT molecular complexity index is 380. The molecule has 17 heavy (non-hydrogen) atoms. The quantitative estimate of drug-likeness (QED) is 0.843. The minimum atomic E-state index is -5.01. The summed E-state index contributed by atoms with van der Waals surface area (Å²) in [5.74, 6) is -1.55. The second-order valence-electron chi connectivity index (χ2n) is 2.87. The van der Waals surface area contributed by atoms with Crippen LogP contribution in [-0.4, -0.2) is 13.0 Å². The molecule has 0 fully saturated rings. The number of ether oxygens (including phenoxy) is 2. The molecule has 0 aliphatic rings. The average molecular weight is 257 g/mol. The molecular formula is C9H8F5NO2. The first kappa shape index (κ1) is 13.5. The van der Waals surface area contributed by atoms with Crippen molar-refractivity contribution in [3.63, 3.8) is 0 Å². The van der Waals surface area contributed by atoms with E-state index < -0.39 is 24.5 Å². The fourth-order valence-corrected chi connectivity index (χ4v) is 1.14. The number of halogens is 5. The Morgan fingerprint density at radius 2 is 1.88 bits per heavy atom. The molecule has 1 rings (SSSR count). The second-order valence-corrected chi connectivity index (χ2v) is 2.87. The first-order valence-corrected chi connectivity index (χ1v) is 4.36. The van der Waals surface area contributed by atoms with Gasteiger partial charge in [-0.1, -0.05) is 12.1 Å². The average Bonchev–Trinajstić information content (AvgIpc) is 2.17. The third-order valence-corrected chi connectivity index (χ3v) is 1.71. The fourth-order valence-electron chi connectivity index (χ4n) is 1.14. The van der Waals surface area contributed by atoms with E-state index in [1.165, 1.54) is 12.1 Å². The van der Waals surface area contributed by atoms with Crippen molar-refractivity contribution in [1.29, 1.82) is 0 Å². The molecule has 0 bridgehead atoms. The highest BCUT2D eigenvalue weighted by molar-refractivity contribution is 5.46. The molecule has 0 aromatic heterocycles. The number of hydrogen-bond acceptors (Lipinski definition) is 3. The highest BCUT2D eigenvalue weighted by Crippen LogP contribution is 2.36. The van der Waals surface area contributed by atoms with Crippen LogP contribution < -0.4 is 15.2 Å². The lowest BCUT2D eigenvalue weighted by atomic mass is 10.2. The summed E-state index contributed by atoms with van der Waals surface area (Å²) in [4.78, 5) is 0. The monoisotopic (exact) mass is 257 g/mol. The lowest BCUT2D eigenvalue weighted by Gasteiger charge is -2.16. The lowest BCUT2D eigenvalue weighted by molar-refractivity contribution is -0.275. The Morgan fingerprint density at radius 3 is 2.35 bits per heavy atom. The molecular weight excluding hydrogens is 249 g/mol. The van der Waals surface area contributed by atoms with Crippen molar-refractivity contribution < 1.29 is 31.4 Å². The molecule has 0 radical (unpaired) electrons. The normalized spacial score (nSPS) is 11.7. The maximum Gasteiger partial charge on any atom is 0.573 e. The van der Waals surface area contributed by atoms with Gasteiger partial charge in [-0.3, -0.25) is 0 Å². The minimum Gasteiger partial charge on any atom is -0.431 e. The van der Waals surface area contributed by atoms with Gasteiger partial charge in [0.1, 0.15) is 0 Å². The van der Waals surface area contributed by atoms with E-state index in [1.54, 1.807) is 0 Å². The molecule has 0 heterocycles. The Kier molecular flexibility index (Phi) is 4.11. The summed E-state index contributed by atoms with van der Waals surface area (Å²) in [6.45, 7) is -3.55. The zero-order chi connectivity index (χ0) is 13.1. The van der Waals surface area contributed by atoms with Gasteiger partial charge in [0.2, 0.25) is 0 Å². The van der Waals surface area contributed by atoms with Crippen LogP contribution in [0.15, 0.2) is 18.2 Å². The first-order valence-electron chi connectivity index (χ1n) is 4.36. The molecule has 96 valence electrons. The van der Waals surface area contributed by atoms with Crippen molar-refractivity contribution in [2.45, 2.75) is 19.5 Å². The van der Waals surface area contributed by atoms with Crippen LogP contribution in [0, 0.1) is 0 Å². The van der Waals surface area contributed by atoms with Gasteiger partial charge in [0, 0.05) is 12.1 Å². The van der Waals surface area contributed by atoms with Crippen LogP contribution in [0.4, 0.5) is 22.0 Å². The van der Waals surface area contributed by atoms with E-state index in [2.05, 4.69) is 9.47 Å². The number of benzene rings is 1. The molecule has 0 spiro atoms. The van der Waals surface area contributed by atoms with Crippen LogP contribution in [0.3, 0.4) is 0 Å². The van der Waals surface area contributed by atoms with Crippen LogP contribution in [-0.2, 0) is 6.54 Å². The van der Waals surface area contributed by atoms with Crippen molar-refractivity contribution in [3.8, 4) is 11.5 Å². The standard InChI is InChI=1S/C9H8F5NO2/c10-8(11)16-6-3-1-2-5(4-15)7(6)17-9(12,13)14/h1-3,8H,4,15H2. The van der Waals surface area contributed by atoms with Crippen LogP contribution in [0.2, 0.25) is 0 Å². The lowest BCUT2D eigenvalue weighted by Crippen LogP contribution is -2.20. The molecule has 0 unspecified atom stereocenters. The van der Waals surface area contributed by atoms with Crippen molar-refractivity contribution in [1.82, 2.24) is 0 Å². The fraction of sp³-hybridized carbons (Fsp3) is 0.333. The predicted molar refractivity (Wildman–Crippen MR) is 47.6 cm³/mol. The summed E-state index contributed by atoms with van der Waals surface area (Å²) in [5, 5.41) is 0. The van der Waals surface area contributed by atoms with Crippen LogP contribution in [0.25, 0.3) is 0 Å². The second kappa shape index (κ2) is 5.17. The molecule has 1 aromatic carbocycles. The summed E-state index contributed by atoms with van der Waals surface area (Å²) in [6.07, 6.45) is -5.01. The number of hydrogen-bond donors (Lipinski definition) is 1. The highest BCUT2D eigenvalue weighted by atomic mass is 19.4. The van der Waals surface area contributed by atoms with E-state index in [0.29, 0.717) is 0 Å². The molecule has 8 heteroatoms. The Hall–Kier alpha value is -1.57. The Labute approximate surface area is 92.9 Å². The third-order valence-electron chi connectivity index (χ3n) is 1.71. The molecule has 0 saturated heterocycles. The number of nitrogens with two attached hydrogens (primary N) is 1. The SMILES string of the molecule is NCc1cccc(OC(F)F)c1OC(F)(F)F. The molecule has 0 atom stereocenters. The van der Waals surface area contributed by atoms with Gasteiger partial charge in [-0.2, -0.15) is 8.78 Å². The number of alkyl halides is 5. The van der Waals surface area contributed by atoms with E-state index in [-0.39, 0.29) is 12.1 Å². The van der Waals surface area contributed by atoms with Gasteiger partial charge < -0.3 is 15.2 Å². The molecule has 0 aliphatic heterocycles. The summed E-state index contributed by atoms with van der Waals surface area (Å²) in [7, 11) is 0. The van der Waals surface area contributed by atoms with Crippen molar-refractivity contribution in [3.05, 3.63) is 23.8 Å². The molecule has 0 amide bonds. The van der Waals surface area contributed by atoms with E-state index >= 15 is 0 Å². The van der Waals surface area contributed by atoms with Crippen molar-refractivity contribution in [2.75, 3.05) is 0 Å². The van der Waals surface area contributed by atoms with E-state index in [1.807, 2.05) is 0 Å². The number of rotatable bonds is 4. The van der Waals surface area contributed by atoms with Gasteiger partial charge in [0.05, 0.1) is 0 Å². The summed E-state index contributed by atoms with van der Waals surface area (Å²) < 4.78 is 67.7. The zero-order valence-corrected chi connectivity index (χ0v) is 8.30.